The largest absolute Gasteiger partial charge is 0.496 e. The molecule has 4 rings (SSSR count). The molecular formula is C23H21N5O2. The van der Waals surface area contributed by atoms with Crippen molar-refractivity contribution in [3.05, 3.63) is 95.8 Å². The highest BCUT2D eigenvalue weighted by Crippen LogP contribution is 2.25. The Kier molecular flexibility index (Phi) is 5.80. The van der Waals surface area contributed by atoms with E-state index >= 15 is 0 Å². The fraction of sp³-hybridized carbons (Fsp3) is 0.130. The number of nitrogens with zero attached hydrogens (tertiary/aromatic N) is 4. The molecular weight excluding hydrogens is 378 g/mol. The van der Waals surface area contributed by atoms with Crippen LogP contribution >= 0.6 is 0 Å². The molecule has 30 heavy (non-hydrogen) atoms. The van der Waals surface area contributed by atoms with Crippen molar-refractivity contribution in [2.45, 2.75) is 12.8 Å². The van der Waals surface area contributed by atoms with E-state index in [-0.39, 0.29) is 12.3 Å². The lowest BCUT2D eigenvalue weighted by atomic mass is 10.0. The second-order valence-corrected chi connectivity index (χ2v) is 6.83. The smallest absolute Gasteiger partial charge is 0.228 e. The highest BCUT2D eigenvalue weighted by atomic mass is 16.5. The van der Waals surface area contributed by atoms with Crippen molar-refractivity contribution in [1.82, 2.24) is 20.2 Å². The first-order valence-electron chi connectivity index (χ1n) is 9.54. The summed E-state index contributed by atoms with van der Waals surface area (Å²) >= 11 is 0. The van der Waals surface area contributed by atoms with E-state index in [0.29, 0.717) is 0 Å². The molecule has 0 bridgehead atoms. The third kappa shape index (κ3) is 4.70. The van der Waals surface area contributed by atoms with Gasteiger partial charge < -0.3 is 10.1 Å². The van der Waals surface area contributed by atoms with Gasteiger partial charge in [0.15, 0.2) is 0 Å². The molecule has 0 unspecified atom stereocenters. The molecule has 0 aliphatic carbocycles. The molecule has 150 valence electrons. The lowest BCUT2D eigenvalue weighted by Crippen LogP contribution is -2.14. The molecule has 0 fully saturated rings. The lowest BCUT2D eigenvalue weighted by Gasteiger charge is -2.12. The van der Waals surface area contributed by atoms with Crippen LogP contribution in [0.15, 0.2) is 79.1 Å². The summed E-state index contributed by atoms with van der Waals surface area (Å²) in [6.07, 6.45) is 2.53. The minimum absolute atomic E-state index is 0.0824. The molecule has 1 heterocycles. The van der Waals surface area contributed by atoms with Gasteiger partial charge in [-0.2, -0.15) is 0 Å². The Morgan fingerprint density at radius 2 is 1.80 bits per heavy atom. The SMILES string of the molecule is COc1ccc(NC(=O)Cc2ccc(-n3cnnn3)cc2)cc1Cc1ccccc1. The average molecular weight is 399 g/mol. The van der Waals surface area contributed by atoms with Crippen LogP contribution in [0.4, 0.5) is 5.69 Å². The predicted octanol–water partition coefficient (Wildman–Crippen LogP) is 3.44. The summed E-state index contributed by atoms with van der Waals surface area (Å²) in [5.74, 6) is 0.719. The van der Waals surface area contributed by atoms with E-state index in [1.165, 1.54) is 11.9 Å². The Morgan fingerprint density at radius 3 is 2.50 bits per heavy atom. The first-order valence-corrected chi connectivity index (χ1v) is 9.54. The highest BCUT2D eigenvalue weighted by molar-refractivity contribution is 5.92. The summed E-state index contributed by atoms with van der Waals surface area (Å²) in [6, 6.07) is 23.4. The summed E-state index contributed by atoms with van der Waals surface area (Å²) in [6.45, 7) is 0. The number of nitrogens with one attached hydrogen (secondary N) is 1. The number of rotatable bonds is 7. The van der Waals surface area contributed by atoms with E-state index in [9.17, 15) is 4.79 Å². The first kappa shape index (κ1) is 19.3. The van der Waals surface area contributed by atoms with Crippen molar-refractivity contribution in [3.8, 4) is 11.4 Å². The number of hydrogen-bond donors (Lipinski definition) is 1. The zero-order valence-electron chi connectivity index (χ0n) is 16.5. The molecule has 3 aromatic carbocycles. The van der Waals surface area contributed by atoms with Crippen molar-refractivity contribution in [3.63, 3.8) is 0 Å². The van der Waals surface area contributed by atoms with Gasteiger partial charge in [0.25, 0.3) is 0 Å². The number of tetrazole rings is 1. The fourth-order valence-electron chi connectivity index (χ4n) is 3.25. The molecule has 0 aliphatic heterocycles. The zero-order valence-corrected chi connectivity index (χ0v) is 16.5. The van der Waals surface area contributed by atoms with Gasteiger partial charge in [-0.15, -0.1) is 5.10 Å². The summed E-state index contributed by atoms with van der Waals surface area (Å²) in [5, 5.41) is 14.1. The number of anilines is 1. The number of carbonyl (C=O) groups excluding carboxylic acids is 1. The minimum atomic E-state index is -0.0824. The van der Waals surface area contributed by atoms with Crippen LogP contribution in [0, 0.1) is 0 Å². The molecule has 0 radical (unpaired) electrons. The molecule has 0 atom stereocenters. The van der Waals surface area contributed by atoms with Crippen LogP contribution < -0.4 is 10.1 Å². The number of ether oxygens (including phenoxy) is 1. The second kappa shape index (κ2) is 9.00. The van der Waals surface area contributed by atoms with Gasteiger partial charge in [-0.05, 0) is 51.9 Å². The molecule has 7 nitrogen and oxygen atoms in total. The number of amides is 1. The van der Waals surface area contributed by atoms with E-state index in [4.69, 9.17) is 4.74 Å². The summed E-state index contributed by atoms with van der Waals surface area (Å²) in [7, 11) is 1.65. The maximum atomic E-state index is 12.5. The van der Waals surface area contributed by atoms with Gasteiger partial charge in [0, 0.05) is 17.7 Å². The monoisotopic (exact) mass is 399 g/mol. The molecule has 7 heteroatoms. The molecule has 0 spiro atoms. The van der Waals surface area contributed by atoms with Crippen LogP contribution in [-0.4, -0.2) is 33.2 Å². The Morgan fingerprint density at radius 1 is 1.00 bits per heavy atom. The molecule has 1 amide bonds. The number of hydrogen-bond acceptors (Lipinski definition) is 5. The number of aromatic nitrogens is 4. The summed E-state index contributed by atoms with van der Waals surface area (Å²) < 4.78 is 7.05. The van der Waals surface area contributed by atoms with E-state index in [0.717, 1.165) is 34.7 Å². The van der Waals surface area contributed by atoms with Crippen LogP contribution in [0.2, 0.25) is 0 Å². The molecule has 0 saturated heterocycles. The van der Waals surface area contributed by atoms with Crippen molar-refractivity contribution in [1.29, 1.82) is 0 Å². The maximum Gasteiger partial charge on any atom is 0.228 e. The van der Waals surface area contributed by atoms with Crippen LogP contribution in [0.5, 0.6) is 5.75 Å². The third-order valence-electron chi connectivity index (χ3n) is 4.72. The Balaban J connectivity index is 1.43. The zero-order chi connectivity index (χ0) is 20.8. The van der Waals surface area contributed by atoms with Crippen molar-refractivity contribution in [2.24, 2.45) is 0 Å². The molecule has 0 aliphatic rings. The van der Waals surface area contributed by atoms with Gasteiger partial charge in [-0.1, -0.05) is 42.5 Å². The lowest BCUT2D eigenvalue weighted by molar-refractivity contribution is -0.115. The molecule has 1 N–H and O–H groups in total. The quantitative estimate of drug-likeness (QED) is 0.515. The highest BCUT2D eigenvalue weighted by Gasteiger charge is 2.09. The number of methoxy groups -OCH3 is 1. The summed E-state index contributed by atoms with van der Waals surface area (Å²) in [4.78, 5) is 12.5. The standard InChI is InChI=1S/C23H21N5O2/c1-30-22-12-9-20(15-19(22)13-17-5-3-2-4-6-17)25-23(29)14-18-7-10-21(11-8-18)28-16-24-26-27-28/h2-12,15-16H,13-14H2,1H3,(H,25,29). The van der Waals surface area contributed by atoms with Crippen molar-refractivity contribution in [2.75, 3.05) is 12.4 Å². The molecule has 1 aromatic heterocycles. The minimum Gasteiger partial charge on any atom is -0.496 e. The Labute approximate surface area is 174 Å². The third-order valence-corrected chi connectivity index (χ3v) is 4.72. The van der Waals surface area contributed by atoms with Gasteiger partial charge in [0.05, 0.1) is 19.2 Å². The second-order valence-electron chi connectivity index (χ2n) is 6.83. The van der Waals surface area contributed by atoms with Crippen molar-refractivity contribution >= 4 is 11.6 Å². The van der Waals surface area contributed by atoms with Crippen LogP contribution in [0.1, 0.15) is 16.7 Å². The Hall–Kier alpha value is -4.00. The molecule has 4 aromatic rings. The average Bonchev–Trinajstić information content (AvgIpc) is 3.30. The number of benzene rings is 3. The predicted molar refractivity (Wildman–Crippen MR) is 114 cm³/mol. The van der Waals surface area contributed by atoms with Crippen LogP contribution in [0.25, 0.3) is 5.69 Å². The fourth-order valence-corrected chi connectivity index (χ4v) is 3.25. The van der Waals surface area contributed by atoms with E-state index in [2.05, 4.69) is 33.0 Å². The van der Waals surface area contributed by atoms with Gasteiger partial charge in [-0.3, -0.25) is 4.79 Å². The van der Waals surface area contributed by atoms with Gasteiger partial charge >= 0.3 is 0 Å². The van der Waals surface area contributed by atoms with Crippen LogP contribution in [0.3, 0.4) is 0 Å². The Bertz CT molecular complexity index is 1110. The normalized spacial score (nSPS) is 10.6. The van der Waals surface area contributed by atoms with Gasteiger partial charge in [0.2, 0.25) is 5.91 Å². The van der Waals surface area contributed by atoms with Gasteiger partial charge in [-0.25, -0.2) is 4.68 Å². The maximum absolute atomic E-state index is 12.5. The number of carbonyl (C=O) groups is 1. The topological polar surface area (TPSA) is 81.9 Å². The van der Waals surface area contributed by atoms with E-state index < -0.39 is 0 Å². The van der Waals surface area contributed by atoms with E-state index in [1.54, 1.807) is 11.8 Å². The van der Waals surface area contributed by atoms with Crippen molar-refractivity contribution < 1.29 is 9.53 Å². The molecule has 0 saturated carbocycles. The van der Waals surface area contributed by atoms with Gasteiger partial charge in [0.1, 0.15) is 12.1 Å². The summed E-state index contributed by atoms with van der Waals surface area (Å²) in [5.41, 5.74) is 4.69. The van der Waals surface area contributed by atoms with E-state index in [1.807, 2.05) is 60.7 Å². The first-order chi connectivity index (χ1) is 14.7. The van der Waals surface area contributed by atoms with Crippen LogP contribution in [-0.2, 0) is 17.6 Å².